The Balaban J connectivity index is 2.16. The van der Waals surface area contributed by atoms with Crippen LogP contribution in [0, 0.1) is 6.92 Å². The number of amides is 1. The fourth-order valence-corrected chi connectivity index (χ4v) is 2.24. The van der Waals surface area contributed by atoms with Crippen LogP contribution in [0.4, 0.5) is 5.69 Å². The van der Waals surface area contributed by atoms with E-state index in [2.05, 4.69) is 10.3 Å². The van der Waals surface area contributed by atoms with Crippen molar-refractivity contribution in [3.8, 4) is 5.88 Å². The highest BCUT2D eigenvalue weighted by Gasteiger charge is 2.11. The highest BCUT2D eigenvalue weighted by atomic mass is 32.1. The third-order valence-electron chi connectivity index (χ3n) is 2.26. The van der Waals surface area contributed by atoms with Gasteiger partial charge in [-0.3, -0.25) is 4.79 Å². The van der Waals surface area contributed by atoms with Crippen molar-refractivity contribution >= 4 is 22.9 Å². The molecule has 2 aromatic heterocycles. The van der Waals surface area contributed by atoms with E-state index in [0.717, 1.165) is 4.88 Å². The summed E-state index contributed by atoms with van der Waals surface area (Å²) < 4.78 is 5.36. The monoisotopic (exact) mass is 262 g/mol. The number of ether oxygens (including phenoxy) is 1. The van der Waals surface area contributed by atoms with Gasteiger partial charge in [0, 0.05) is 11.1 Å². The molecule has 2 rings (SSSR count). The molecule has 0 saturated heterocycles. The molecule has 0 atom stereocenters. The lowest BCUT2D eigenvalue weighted by atomic mass is 10.3. The van der Waals surface area contributed by atoms with Crippen molar-refractivity contribution in [2.75, 3.05) is 11.9 Å². The second-order valence-electron chi connectivity index (χ2n) is 3.65. The van der Waals surface area contributed by atoms with Crippen LogP contribution in [0.2, 0.25) is 0 Å². The van der Waals surface area contributed by atoms with Crippen LogP contribution >= 0.6 is 11.3 Å². The number of rotatable bonds is 4. The number of carbonyl (C=O) groups excluding carboxylic acids is 1. The van der Waals surface area contributed by atoms with E-state index in [0.29, 0.717) is 23.1 Å². The van der Waals surface area contributed by atoms with Gasteiger partial charge in [-0.15, -0.1) is 11.3 Å². The molecule has 0 unspecified atom stereocenters. The van der Waals surface area contributed by atoms with E-state index in [1.54, 1.807) is 18.3 Å². The van der Waals surface area contributed by atoms with E-state index in [9.17, 15) is 4.79 Å². The summed E-state index contributed by atoms with van der Waals surface area (Å²) in [5, 5.41) is 2.81. The molecule has 0 bridgehead atoms. The summed E-state index contributed by atoms with van der Waals surface area (Å²) in [6, 6.07) is 7.27. The van der Waals surface area contributed by atoms with Crippen LogP contribution in [-0.2, 0) is 0 Å². The first-order valence-corrected chi connectivity index (χ1v) is 6.48. The van der Waals surface area contributed by atoms with E-state index in [4.69, 9.17) is 4.74 Å². The van der Waals surface area contributed by atoms with Crippen molar-refractivity contribution < 1.29 is 9.53 Å². The van der Waals surface area contributed by atoms with Crippen LogP contribution in [0.3, 0.4) is 0 Å². The largest absolute Gasteiger partial charge is 0.476 e. The summed E-state index contributed by atoms with van der Waals surface area (Å²) in [5.74, 6) is 0.309. The van der Waals surface area contributed by atoms with Crippen LogP contribution in [0.5, 0.6) is 5.88 Å². The number of carbonyl (C=O) groups is 1. The third-order valence-corrected chi connectivity index (χ3v) is 3.26. The minimum atomic E-state index is -0.137. The lowest BCUT2D eigenvalue weighted by molar-refractivity contribution is 0.103. The number of nitrogens with one attached hydrogen (secondary N) is 1. The Hall–Kier alpha value is -1.88. The Morgan fingerprint density at radius 1 is 1.44 bits per heavy atom. The molecule has 0 aliphatic heterocycles. The number of hydrogen-bond acceptors (Lipinski definition) is 4. The molecule has 0 aromatic carbocycles. The van der Waals surface area contributed by atoms with Crippen LogP contribution in [0.15, 0.2) is 30.5 Å². The summed E-state index contributed by atoms with van der Waals surface area (Å²) in [4.78, 5) is 17.9. The first-order chi connectivity index (χ1) is 8.70. The molecule has 5 heteroatoms. The van der Waals surface area contributed by atoms with Crippen LogP contribution in [-0.4, -0.2) is 17.5 Å². The van der Waals surface area contributed by atoms with Crippen molar-refractivity contribution in [2.24, 2.45) is 0 Å². The lowest BCUT2D eigenvalue weighted by Crippen LogP contribution is -2.11. The Kier molecular flexibility index (Phi) is 3.94. The first kappa shape index (κ1) is 12.6. The second kappa shape index (κ2) is 5.64. The minimum absolute atomic E-state index is 0.137. The number of nitrogens with zero attached hydrogens (tertiary/aromatic N) is 1. The van der Waals surface area contributed by atoms with Crippen molar-refractivity contribution in [2.45, 2.75) is 13.8 Å². The molecular formula is C13H14N2O2S. The zero-order chi connectivity index (χ0) is 13.0. The van der Waals surface area contributed by atoms with Gasteiger partial charge >= 0.3 is 0 Å². The number of anilines is 1. The lowest BCUT2D eigenvalue weighted by Gasteiger charge is -2.09. The zero-order valence-electron chi connectivity index (χ0n) is 10.3. The average Bonchev–Trinajstić information content (AvgIpc) is 2.79. The molecule has 1 amide bonds. The summed E-state index contributed by atoms with van der Waals surface area (Å²) in [6.07, 6.45) is 1.63. The van der Waals surface area contributed by atoms with Gasteiger partial charge in [-0.25, -0.2) is 4.98 Å². The van der Waals surface area contributed by atoms with Crippen LogP contribution < -0.4 is 10.1 Å². The number of aryl methyl sites for hydroxylation is 1. The number of hydrogen-bond donors (Lipinski definition) is 1. The van der Waals surface area contributed by atoms with Gasteiger partial charge in [-0.2, -0.15) is 0 Å². The normalized spacial score (nSPS) is 10.1. The molecule has 0 spiro atoms. The van der Waals surface area contributed by atoms with Gasteiger partial charge in [0.1, 0.15) is 5.69 Å². The van der Waals surface area contributed by atoms with Crippen LogP contribution in [0.1, 0.15) is 21.5 Å². The van der Waals surface area contributed by atoms with Gasteiger partial charge in [0.05, 0.1) is 11.5 Å². The Bertz CT molecular complexity index is 551. The average molecular weight is 262 g/mol. The molecule has 94 valence electrons. The maximum Gasteiger partial charge on any atom is 0.265 e. The predicted octanol–water partition coefficient (Wildman–Crippen LogP) is 3.10. The molecule has 2 aromatic rings. The van der Waals surface area contributed by atoms with Gasteiger partial charge in [-0.05, 0) is 38.1 Å². The number of thiophene rings is 1. The van der Waals surface area contributed by atoms with Gasteiger partial charge in [0.2, 0.25) is 5.88 Å². The third kappa shape index (κ3) is 2.87. The SMILES string of the molecule is CCOc1ncccc1NC(=O)c1ccc(C)s1. The standard InChI is InChI=1S/C13H14N2O2S/c1-3-17-13-10(5-4-8-14-13)15-12(16)11-7-6-9(2)18-11/h4-8H,3H2,1-2H3,(H,15,16). The topological polar surface area (TPSA) is 51.2 Å². The zero-order valence-corrected chi connectivity index (χ0v) is 11.1. The molecule has 0 saturated carbocycles. The molecule has 0 fully saturated rings. The Labute approximate surface area is 110 Å². The van der Waals surface area contributed by atoms with Crippen LogP contribution in [0.25, 0.3) is 0 Å². The van der Waals surface area contributed by atoms with Crippen molar-refractivity contribution in [1.29, 1.82) is 0 Å². The smallest absolute Gasteiger partial charge is 0.265 e. The fraction of sp³-hybridized carbons (Fsp3) is 0.231. The number of aromatic nitrogens is 1. The highest BCUT2D eigenvalue weighted by molar-refractivity contribution is 7.14. The first-order valence-electron chi connectivity index (χ1n) is 5.66. The van der Waals surface area contributed by atoms with E-state index in [1.165, 1.54) is 11.3 Å². The van der Waals surface area contributed by atoms with E-state index >= 15 is 0 Å². The Morgan fingerprint density at radius 3 is 2.94 bits per heavy atom. The Morgan fingerprint density at radius 2 is 2.28 bits per heavy atom. The van der Waals surface area contributed by atoms with Gasteiger partial charge in [-0.1, -0.05) is 0 Å². The van der Waals surface area contributed by atoms with Gasteiger partial charge < -0.3 is 10.1 Å². The van der Waals surface area contributed by atoms with Crippen molar-refractivity contribution in [3.05, 3.63) is 40.2 Å². The fourth-order valence-electron chi connectivity index (χ4n) is 1.48. The summed E-state index contributed by atoms with van der Waals surface area (Å²) in [5.41, 5.74) is 0.593. The van der Waals surface area contributed by atoms with E-state index in [-0.39, 0.29) is 5.91 Å². The minimum Gasteiger partial charge on any atom is -0.476 e. The highest BCUT2D eigenvalue weighted by Crippen LogP contribution is 2.23. The second-order valence-corrected chi connectivity index (χ2v) is 4.94. The summed E-state index contributed by atoms with van der Waals surface area (Å²) >= 11 is 1.46. The quantitative estimate of drug-likeness (QED) is 0.921. The molecule has 2 heterocycles. The van der Waals surface area contributed by atoms with Gasteiger partial charge in [0.25, 0.3) is 5.91 Å². The molecule has 1 N–H and O–H groups in total. The van der Waals surface area contributed by atoms with E-state index < -0.39 is 0 Å². The molecule has 0 aliphatic carbocycles. The molecule has 0 aliphatic rings. The predicted molar refractivity (Wildman–Crippen MR) is 72.4 cm³/mol. The van der Waals surface area contributed by atoms with E-state index in [1.807, 2.05) is 26.0 Å². The molecule has 4 nitrogen and oxygen atoms in total. The van der Waals surface area contributed by atoms with Gasteiger partial charge in [0.15, 0.2) is 0 Å². The summed E-state index contributed by atoms with van der Waals surface area (Å²) in [7, 11) is 0. The number of pyridine rings is 1. The molecule has 18 heavy (non-hydrogen) atoms. The maximum atomic E-state index is 12.0. The van der Waals surface area contributed by atoms with Crippen molar-refractivity contribution in [3.63, 3.8) is 0 Å². The molecule has 0 radical (unpaired) electrons. The van der Waals surface area contributed by atoms with Crippen molar-refractivity contribution in [1.82, 2.24) is 4.98 Å². The summed E-state index contributed by atoms with van der Waals surface area (Å²) in [6.45, 7) is 4.36. The maximum absolute atomic E-state index is 12.0. The molecular weight excluding hydrogens is 248 g/mol.